The van der Waals surface area contributed by atoms with Crippen LogP contribution in [0.4, 0.5) is 0 Å². The number of nitrogens with zero attached hydrogens (tertiary/aromatic N) is 1. The van der Waals surface area contributed by atoms with Crippen molar-refractivity contribution in [1.29, 1.82) is 0 Å². The van der Waals surface area contributed by atoms with Gasteiger partial charge in [-0.2, -0.15) is 0 Å². The Kier molecular flexibility index (Phi) is 5.19. The van der Waals surface area contributed by atoms with Crippen molar-refractivity contribution in [1.82, 2.24) is 10.2 Å². The largest absolute Gasteiger partial charge is 0.393 e. The van der Waals surface area contributed by atoms with Gasteiger partial charge in [-0.3, -0.25) is 9.59 Å². The van der Waals surface area contributed by atoms with E-state index in [1.165, 1.54) is 10.5 Å². The lowest BCUT2D eigenvalue weighted by Gasteiger charge is -2.22. The number of benzene rings is 1. The number of hydrogen-bond acceptors (Lipinski definition) is 3. The Hall–Kier alpha value is -1.88. The molecular formula is C19H26N2O3. The second kappa shape index (κ2) is 7.34. The molecule has 5 heteroatoms. The maximum absolute atomic E-state index is 12.2. The number of amides is 2. The molecule has 2 N–H and O–H groups in total. The van der Waals surface area contributed by atoms with E-state index < -0.39 is 11.8 Å². The minimum absolute atomic E-state index is 0.0950. The summed E-state index contributed by atoms with van der Waals surface area (Å²) < 4.78 is 0. The van der Waals surface area contributed by atoms with Crippen LogP contribution in [0.15, 0.2) is 30.3 Å². The Balaban J connectivity index is 1.41. The molecule has 2 fully saturated rings. The third-order valence-electron chi connectivity index (χ3n) is 5.34. The van der Waals surface area contributed by atoms with Crippen LogP contribution in [-0.2, 0) is 9.59 Å². The lowest BCUT2D eigenvalue weighted by Crippen LogP contribution is -2.44. The zero-order valence-electron chi connectivity index (χ0n) is 14.1. The van der Waals surface area contributed by atoms with Gasteiger partial charge in [0.25, 0.3) is 0 Å². The number of carbonyl (C=O) groups excluding carboxylic acids is 2. The summed E-state index contributed by atoms with van der Waals surface area (Å²) in [5.74, 6) is -0.0357. The number of aliphatic hydroxyl groups excluding tert-OH is 1. The minimum Gasteiger partial charge on any atom is -0.393 e. The van der Waals surface area contributed by atoms with E-state index in [1.54, 1.807) is 7.05 Å². The summed E-state index contributed by atoms with van der Waals surface area (Å²) in [6, 6.07) is 10.3. The first-order valence-corrected chi connectivity index (χ1v) is 8.82. The fraction of sp³-hybridized carbons (Fsp3) is 0.579. The van der Waals surface area contributed by atoms with Gasteiger partial charge in [-0.25, -0.2) is 0 Å². The molecule has 2 aliphatic rings. The van der Waals surface area contributed by atoms with Gasteiger partial charge in [0, 0.05) is 26.1 Å². The molecule has 5 nitrogen and oxygen atoms in total. The van der Waals surface area contributed by atoms with Crippen LogP contribution in [0.5, 0.6) is 0 Å². The first kappa shape index (κ1) is 17.0. The lowest BCUT2D eigenvalue weighted by molar-refractivity contribution is -0.145. The molecule has 3 rings (SSSR count). The average Bonchev–Trinajstić information content (AvgIpc) is 3.28. The van der Waals surface area contributed by atoms with Gasteiger partial charge >= 0.3 is 11.8 Å². The van der Waals surface area contributed by atoms with Gasteiger partial charge in [-0.05, 0) is 36.7 Å². The molecule has 0 bridgehead atoms. The van der Waals surface area contributed by atoms with E-state index in [1.807, 2.05) is 18.2 Å². The Bertz CT molecular complexity index is 590. The number of nitrogens with one attached hydrogen (secondary N) is 1. The normalized spacial score (nSPS) is 28.4. The first-order chi connectivity index (χ1) is 11.6. The zero-order valence-corrected chi connectivity index (χ0v) is 14.1. The molecule has 0 radical (unpaired) electrons. The fourth-order valence-electron chi connectivity index (χ4n) is 3.72. The third-order valence-corrected chi connectivity index (χ3v) is 5.34. The van der Waals surface area contributed by atoms with Gasteiger partial charge in [0.05, 0.1) is 6.10 Å². The second-order valence-corrected chi connectivity index (χ2v) is 7.17. The summed E-state index contributed by atoms with van der Waals surface area (Å²) in [5.41, 5.74) is 1.30. The van der Waals surface area contributed by atoms with E-state index in [-0.39, 0.29) is 12.0 Å². The highest BCUT2D eigenvalue weighted by Crippen LogP contribution is 2.46. The summed E-state index contributed by atoms with van der Waals surface area (Å²) in [5, 5.41) is 12.6. The van der Waals surface area contributed by atoms with Crippen molar-refractivity contribution in [3.05, 3.63) is 35.9 Å². The molecule has 0 spiro atoms. The number of carbonyl (C=O) groups is 2. The Morgan fingerprint density at radius 1 is 1.21 bits per heavy atom. The predicted molar refractivity (Wildman–Crippen MR) is 91.3 cm³/mol. The van der Waals surface area contributed by atoms with E-state index in [0.29, 0.717) is 24.9 Å². The summed E-state index contributed by atoms with van der Waals surface area (Å²) >= 11 is 0. The van der Waals surface area contributed by atoms with Crippen molar-refractivity contribution >= 4 is 11.8 Å². The highest BCUT2D eigenvalue weighted by atomic mass is 16.3. The van der Waals surface area contributed by atoms with Crippen molar-refractivity contribution in [2.45, 2.75) is 37.7 Å². The smallest absolute Gasteiger partial charge is 0.311 e. The van der Waals surface area contributed by atoms with Crippen molar-refractivity contribution in [3.63, 3.8) is 0 Å². The summed E-state index contributed by atoms with van der Waals surface area (Å²) in [7, 11) is 1.64. The molecule has 2 amide bonds. The Labute approximate surface area is 143 Å². The van der Waals surface area contributed by atoms with E-state index in [2.05, 4.69) is 17.4 Å². The van der Waals surface area contributed by atoms with Crippen molar-refractivity contribution in [3.8, 4) is 0 Å². The molecule has 0 aliphatic heterocycles. The van der Waals surface area contributed by atoms with Crippen LogP contribution in [0.25, 0.3) is 0 Å². The van der Waals surface area contributed by atoms with Gasteiger partial charge in [0.1, 0.15) is 0 Å². The summed E-state index contributed by atoms with van der Waals surface area (Å²) in [6.45, 7) is 0.994. The third kappa shape index (κ3) is 3.96. The average molecular weight is 330 g/mol. The second-order valence-electron chi connectivity index (χ2n) is 7.17. The number of likely N-dealkylation sites (N-methyl/N-ethyl adjacent to an activating group) is 1. The van der Waals surface area contributed by atoms with Crippen LogP contribution < -0.4 is 5.32 Å². The topological polar surface area (TPSA) is 69.6 Å². The van der Waals surface area contributed by atoms with Crippen LogP contribution >= 0.6 is 0 Å². The molecule has 1 aromatic rings. The zero-order chi connectivity index (χ0) is 17.1. The number of rotatable bonds is 5. The van der Waals surface area contributed by atoms with Crippen molar-refractivity contribution < 1.29 is 14.7 Å². The number of aliphatic hydroxyl groups is 1. The SMILES string of the molecule is CN(CC1CCCC1O)C(=O)C(=O)NC[C@H]1C[C@@H]1c1ccccc1. The summed E-state index contributed by atoms with van der Waals surface area (Å²) in [4.78, 5) is 25.6. The predicted octanol–water partition coefficient (Wildman–Crippen LogP) is 1.53. The van der Waals surface area contributed by atoms with Crippen LogP contribution in [0, 0.1) is 11.8 Å². The van der Waals surface area contributed by atoms with Gasteiger partial charge in [0.15, 0.2) is 0 Å². The van der Waals surface area contributed by atoms with Gasteiger partial charge in [-0.15, -0.1) is 0 Å². The first-order valence-electron chi connectivity index (χ1n) is 8.82. The quantitative estimate of drug-likeness (QED) is 0.805. The number of hydrogen-bond donors (Lipinski definition) is 2. The molecule has 0 heterocycles. The molecule has 2 aliphatic carbocycles. The van der Waals surface area contributed by atoms with E-state index in [9.17, 15) is 14.7 Å². The Morgan fingerprint density at radius 2 is 1.96 bits per heavy atom. The highest BCUT2D eigenvalue weighted by molar-refractivity contribution is 6.34. The Morgan fingerprint density at radius 3 is 2.62 bits per heavy atom. The molecule has 0 aromatic heterocycles. The fourth-order valence-corrected chi connectivity index (χ4v) is 3.72. The maximum atomic E-state index is 12.2. The van der Waals surface area contributed by atoms with Crippen LogP contribution in [0.2, 0.25) is 0 Å². The molecular weight excluding hydrogens is 304 g/mol. The molecule has 1 aromatic carbocycles. The molecule has 4 atom stereocenters. The van der Waals surface area contributed by atoms with E-state index >= 15 is 0 Å². The lowest BCUT2D eigenvalue weighted by atomic mass is 10.1. The summed E-state index contributed by atoms with van der Waals surface area (Å²) in [6.07, 6.45) is 3.41. The van der Waals surface area contributed by atoms with Gasteiger partial charge in [-0.1, -0.05) is 36.8 Å². The van der Waals surface area contributed by atoms with E-state index in [0.717, 1.165) is 25.7 Å². The molecule has 2 saturated carbocycles. The maximum Gasteiger partial charge on any atom is 0.311 e. The van der Waals surface area contributed by atoms with Crippen LogP contribution in [0.1, 0.15) is 37.2 Å². The van der Waals surface area contributed by atoms with E-state index in [4.69, 9.17) is 0 Å². The standard InChI is InChI=1S/C19H26N2O3/c1-21(12-14-8-5-9-17(14)22)19(24)18(23)20-11-15-10-16(15)13-6-3-2-4-7-13/h2-4,6-7,14-17,22H,5,8-12H2,1H3,(H,20,23)/t14?,15-,16-,17?/m1/s1. The molecule has 130 valence electrons. The van der Waals surface area contributed by atoms with Crippen molar-refractivity contribution in [2.75, 3.05) is 20.1 Å². The molecule has 2 unspecified atom stereocenters. The van der Waals surface area contributed by atoms with Crippen LogP contribution in [-0.4, -0.2) is 48.1 Å². The van der Waals surface area contributed by atoms with Crippen molar-refractivity contribution in [2.24, 2.45) is 11.8 Å². The minimum atomic E-state index is -0.538. The van der Waals surface area contributed by atoms with Crippen LogP contribution in [0.3, 0.4) is 0 Å². The monoisotopic (exact) mass is 330 g/mol. The van der Waals surface area contributed by atoms with Gasteiger partial charge < -0.3 is 15.3 Å². The highest BCUT2D eigenvalue weighted by Gasteiger charge is 2.38. The van der Waals surface area contributed by atoms with Gasteiger partial charge in [0.2, 0.25) is 0 Å². The molecule has 0 saturated heterocycles. The molecule has 24 heavy (non-hydrogen) atoms.